The lowest BCUT2D eigenvalue weighted by Crippen LogP contribution is -1.97. The van der Waals surface area contributed by atoms with Gasteiger partial charge in [-0.25, -0.2) is 0 Å². The molecule has 3 nitrogen and oxygen atoms in total. The van der Waals surface area contributed by atoms with Crippen molar-refractivity contribution in [2.75, 3.05) is 23.8 Å². The van der Waals surface area contributed by atoms with Gasteiger partial charge in [0.1, 0.15) is 0 Å². The van der Waals surface area contributed by atoms with Crippen LogP contribution in [0.5, 0.6) is 0 Å². The molecule has 16 heavy (non-hydrogen) atoms. The van der Waals surface area contributed by atoms with Crippen molar-refractivity contribution >= 4 is 17.1 Å². The zero-order valence-electron chi connectivity index (χ0n) is 9.20. The van der Waals surface area contributed by atoms with Gasteiger partial charge in [0.2, 0.25) is 0 Å². The molecule has 0 amide bonds. The van der Waals surface area contributed by atoms with Gasteiger partial charge < -0.3 is 16.8 Å². The van der Waals surface area contributed by atoms with Crippen molar-refractivity contribution in [3.63, 3.8) is 0 Å². The molecule has 5 N–H and O–H groups in total. The topological polar surface area (TPSA) is 64.1 Å². The fourth-order valence-corrected chi connectivity index (χ4v) is 1.79. The first-order valence-corrected chi connectivity index (χ1v) is 5.14. The Labute approximate surface area is 95.1 Å². The Balaban J connectivity index is 2.63. The number of nitrogens with two attached hydrogens (primary N) is 2. The highest BCUT2D eigenvalue weighted by Crippen LogP contribution is 2.33. The normalized spacial score (nSPS) is 10.1. The lowest BCUT2D eigenvalue weighted by Gasteiger charge is -2.12. The van der Waals surface area contributed by atoms with Crippen LogP contribution in [0, 0.1) is 0 Å². The highest BCUT2D eigenvalue weighted by molar-refractivity contribution is 5.88. The van der Waals surface area contributed by atoms with E-state index in [1.807, 2.05) is 49.5 Å². The molecule has 0 saturated heterocycles. The average Bonchev–Trinajstić information content (AvgIpc) is 2.28. The molecule has 2 aromatic rings. The number of hydrogen-bond acceptors (Lipinski definition) is 3. The van der Waals surface area contributed by atoms with Gasteiger partial charge in [0, 0.05) is 29.7 Å². The minimum absolute atomic E-state index is 0.739. The standard InChI is InChI=1S/C13H15N3/c1-16-12-7-3-6-11(15)13(12)9-4-2-5-10(14)8-9/h2-8,16H,14-15H2,1H3. The van der Waals surface area contributed by atoms with Crippen LogP contribution in [0.15, 0.2) is 42.5 Å². The van der Waals surface area contributed by atoms with E-state index in [-0.39, 0.29) is 0 Å². The predicted octanol–water partition coefficient (Wildman–Crippen LogP) is 2.56. The quantitative estimate of drug-likeness (QED) is 0.672. The Hall–Kier alpha value is -2.16. The van der Waals surface area contributed by atoms with E-state index >= 15 is 0 Å². The summed E-state index contributed by atoms with van der Waals surface area (Å²) in [6, 6.07) is 13.5. The highest BCUT2D eigenvalue weighted by Gasteiger charge is 2.07. The molecule has 0 spiro atoms. The van der Waals surface area contributed by atoms with Gasteiger partial charge in [0.15, 0.2) is 0 Å². The molecule has 0 fully saturated rings. The van der Waals surface area contributed by atoms with Crippen molar-refractivity contribution in [1.82, 2.24) is 0 Å². The van der Waals surface area contributed by atoms with E-state index in [1.54, 1.807) is 0 Å². The molecule has 0 unspecified atom stereocenters. The maximum Gasteiger partial charge on any atom is 0.0438 e. The molecule has 3 heteroatoms. The summed E-state index contributed by atoms with van der Waals surface area (Å²) in [4.78, 5) is 0. The van der Waals surface area contributed by atoms with Gasteiger partial charge in [-0.05, 0) is 29.8 Å². The van der Waals surface area contributed by atoms with Gasteiger partial charge in [-0.2, -0.15) is 0 Å². The molecule has 0 bridgehead atoms. The largest absolute Gasteiger partial charge is 0.399 e. The number of hydrogen-bond donors (Lipinski definition) is 3. The van der Waals surface area contributed by atoms with Crippen LogP contribution in [0.3, 0.4) is 0 Å². The summed E-state index contributed by atoms with van der Waals surface area (Å²) in [6.45, 7) is 0. The van der Waals surface area contributed by atoms with E-state index in [0.717, 1.165) is 28.2 Å². The van der Waals surface area contributed by atoms with Crippen LogP contribution in [0.25, 0.3) is 11.1 Å². The fourth-order valence-electron chi connectivity index (χ4n) is 1.79. The third-order valence-corrected chi connectivity index (χ3v) is 2.54. The van der Waals surface area contributed by atoms with Crippen LogP contribution in [-0.2, 0) is 0 Å². The van der Waals surface area contributed by atoms with E-state index in [2.05, 4.69) is 5.32 Å². The van der Waals surface area contributed by atoms with E-state index in [1.165, 1.54) is 0 Å². The van der Waals surface area contributed by atoms with E-state index < -0.39 is 0 Å². The molecule has 0 aliphatic rings. The van der Waals surface area contributed by atoms with Crippen molar-refractivity contribution in [2.24, 2.45) is 0 Å². The smallest absolute Gasteiger partial charge is 0.0438 e. The summed E-state index contributed by atoms with van der Waals surface area (Å²) in [6.07, 6.45) is 0. The van der Waals surface area contributed by atoms with Gasteiger partial charge in [-0.1, -0.05) is 18.2 Å². The summed E-state index contributed by atoms with van der Waals surface area (Å²) >= 11 is 0. The van der Waals surface area contributed by atoms with Crippen LogP contribution in [-0.4, -0.2) is 7.05 Å². The average molecular weight is 213 g/mol. The molecule has 2 aromatic carbocycles. The molecule has 0 aliphatic heterocycles. The van der Waals surface area contributed by atoms with Gasteiger partial charge in [-0.15, -0.1) is 0 Å². The van der Waals surface area contributed by atoms with Gasteiger partial charge >= 0.3 is 0 Å². The number of nitrogen functional groups attached to an aromatic ring is 2. The van der Waals surface area contributed by atoms with Crippen LogP contribution >= 0.6 is 0 Å². The predicted molar refractivity (Wildman–Crippen MR) is 70.2 cm³/mol. The van der Waals surface area contributed by atoms with Gasteiger partial charge in [0.05, 0.1) is 0 Å². The number of rotatable bonds is 2. The molecule has 0 heterocycles. The molecule has 2 rings (SSSR count). The summed E-state index contributed by atoms with van der Waals surface area (Å²) < 4.78 is 0. The summed E-state index contributed by atoms with van der Waals surface area (Å²) in [5, 5.41) is 3.13. The lowest BCUT2D eigenvalue weighted by molar-refractivity contribution is 1.50. The number of anilines is 3. The molecule has 82 valence electrons. The van der Waals surface area contributed by atoms with E-state index in [0.29, 0.717) is 0 Å². The molecule has 0 saturated carbocycles. The van der Waals surface area contributed by atoms with E-state index in [9.17, 15) is 0 Å². The first kappa shape index (κ1) is 10.4. The molecule has 0 aromatic heterocycles. The van der Waals surface area contributed by atoms with Gasteiger partial charge in [-0.3, -0.25) is 0 Å². The number of nitrogens with one attached hydrogen (secondary N) is 1. The summed E-state index contributed by atoms with van der Waals surface area (Å²) in [5.41, 5.74) is 16.3. The summed E-state index contributed by atoms with van der Waals surface area (Å²) in [5.74, 6) is 0. The third kappa shape index (κ3) is 1.80. The second kappa shape index (κ2) is 4.14. The fraction of sp³-hybridized carbons (Fsp3) is 0.0769. The Morgan fingerprint density at radius 2 is 1.75 bits per heavy atom. The first-order chi connectivity index (χ1) is 7.72. The molecule has 0 aliphatic carbocycles. The van der Waals surface area contributed by atoms with Crippen LogP contribution in [0.4, 0.5) is 17.1 Å². The molecular weight excluding hydrogens is 198 g/mol. The van der Waals surface area contributed by atoms with Crippen molar-refractivity contribution in [1.29, 1.82) is 0 Å². The zero-order valence-corrected chi connectivity index (χ0v) is 9.20. The van der Waals surface area contributed by atoms with Gasteiger partial charge in [0.25, 0.3) is 0 Å². The SMILES string of the molecule is CNc1cccc(N)c1-c1cccc(N)c1. The molecule has 0 atom stereocenters. The Morgan fingerprint density at radius 1 is 1.00 bits per heavy atom. The maximum atomic E-state index is 6.00. The second-order valence-electron chi connectivity index (χ2n) is 3.65. The van der Waals surface area contributed by atoms with Crippen LogP contribution in [0.1, 0.15) is 0 Å². The lowest BCUT2D eigenvalue weighted by atomic mass is 10.0. The maximum absolute atomic E-state index is 6.00. The molecule has 0 radical (unpaired) electrons. The minimum Gasteiger partial charge on any atom is -0.399 e. The number of benzene rings is 2. The van der Waals surface area contributed by atoms with Crippen molar-refractivity contribution < 1.29 is 0 Å². The van der Waals surface area contributed by atoms with Crippen molar-refractivity contribution in [3.8, 4) is 11.1 Å². The summed E-state index contributed by atoms with van der Waals surface area (Å²) in [7, 11) is 1.88. The Kier molecular flexibility index (Phi) is 2.68. The minimum atomic E-state index is 0.739. The highest BCUT2D eigenvalue weighted by atomic mass is 14.8. The van der Waals surface area contributed by atoms with Crippen LogP contribution in [0.2, 0.25) is 0 Å². The second-order valence-corrected chi connectivity index (χ2v) is 3.65. The Morgan fingerprint density at radius 3 is 2.44 bits per heavy atom. The monoisotopic (exact) mass is 213 g/mol. The van der Waals surface area contributed by atoms with Crippen molar-refractivity contribution in [3.05, 3.63) is 42.5 Å². The Bertz CT molecular complexity index is 506. The zero-order chi connectivity index (χ0) is 11.5. The third-order valence-electron chi connectivity index (χ3n) is 2.54. The molecular formula is C13H15N3. The van der Waals surface area contributed by atoms with Crippen LogP contribution < -0.4 is 16.8 Å². The first-order valence-electron chi connectivity index (χ1n) is 5.14. The van der Waals surface area contributed by atoms with E-state index in [4.69, 9.17) is 11.5 Å². The van der Waals surface area contributed by atoms with Crippen molar-refractivity contribution in [2.45, 2.75) is 0 Å².